The number of carbonyl (C=O) groups is 2. The molecule has 0 aromatic heterocycles. The zero-order valence-corrected chi connectivity index (χ0v) is 13.1. The van der Waals surface area contributed by atoms with E-state index in [0.29, 0.717) is 18.0 Å². The number of hydrogen-bond donors (Lipinski definition) is 4. The van der Waals surface area contributed by atoms with E-state index in [1.54, 1.807) is 0 Å². The van der Waals surface area contributed by atoms with Crippen LogP contribution in [-0.4, -0.2) is 37.0 Å². The first kappa shape index (κ1) is 16.8. The van der Waals surface area contributed by atoms with E-state index >= 15 is 0 Å². The van der Waals surface area contributed by atoms with E-state index in [4.69, 9.17) is 0 Å². The van der Waals surface area contributed by atoms with E-state index in [1.807, 2.05) is 0 Å². The maximum atomic E-state index is 13.5. The molecule has 130 valence electrons. The number of carbonyl (C=O) groups excluding carboxylic acids is 2. The lowest BCUT2D eigenvalue weighted by atomic mass is 9.83. The highest BCUT2D eigenvalue weighted by atomic mass is 19.1. The molecule has 3 unspecified atom stereocenters. The van der Waals surface area contributed by atoms with Gasteiger partial charge in [-0.3, -0.25) is 20.4 Å². The molecule has 6 nitrogen and oxygen atoms in total. The van der Waals surface area contributed by atoms with Crippen molar-refractivity contribution in [1.82, 2.24) is 21.5 Å². The summed E-state index contributed by atoms with van der Waals surface area (Å²) in [6, 6.07) is 3.23. The van der Waals surface area contributed by atoms with Crippen molar-refractivity contribution in [2.24, 2.45) is 5.92 Å². The van der Waals surface area contributed by atoms with Crippen molar-refractivity contribution < 1.29 is 18.4 Å². The maximum absolute atomic E-state index is 13.5. The molecule has 1 aliphatic heterocycles. The molecule has 24 heavy (non-hydrogen) atoms. The molecule has 0 bridgehead atoms. The second-order valence-corrected chi connectivity index (χ2v) is 6.28. The van der Waals surface area contributed by atoms with Crippen LogP contribution >= 0.6 is 0 Å². The zero-order valence-electron chi connectivity index (χ0n) is 13.1. The van der Waals surface area contributed by atoms with Crippen LogP contribution in [0.3, 0.4) is 0 Å². The van der Waals surface area contributed by atoms with Gasteiger partial charge in [0, 0.05) is 24.7 Å². The molecule has 3 atom stereocenters. The summed E-state index contributed by atoms with van der Waals surface area (Å²) < 4.78 is 26.3. The summed E-state index contributed by atoms with van der Waals surface area (Å²) in [7, 11) is 0. The molecule has 1 heterocycles. The van der Waals surface area contributed by atoms with Gasteiger partial charge in [0.1, 0.15) is 11.6 Å². The average molecular weight is 338 g/mol. The Kier molecular flexibility index (Phi) is 5.06. The summed E-state index contributed by atoms with van der Waals surface area (Å²) in [4.78, 5) is 23.8. The Balaban J connectivity index is 1.46. The molecule has 1 aromatic rings. The van der Waals surface area contributed by atoms with Gasteiger partial charge in [-0.15, -0.1) is 0 Å². The fraction of sp³-hybridized carbons (Fsp3) is 0.500. The first-order valence-electron chi connectivity index (χ1n) is 8.04. The second kappa shape index (κ2) is 7.23. The van der Waals surface area contributed by atoms with Gasteiger partial charge in [-0.25, -0.2) is 8.78 Å². The van der Waals surface area contributed by atoms with Crippen molar-refractivity contribution in [2.75, 3.05) is 13.1 Å². The van der Waals surface area contributed by atoms with Gasteiger partial charge in [0.2, 0.25) is 5.91 Å². The Morgan fingerprint density at radius 2 is 2.08 bits per heavy atom. The van der Waals surface area contributed by atoms with Crippen LogP contribution in [0, 0.1) is 17.6 Å². The lowest BCUT2D eigenvalue weighted by Gasteiger charge is -2.31. The summed E-state index contributed by atoms with van der Waals surface area (Å²) in [5.74, 6) is -2.27. The molecule has 1 aliphatic carbocycles. The molecule has 1 saturated carbocycles. The molecule has 0 radical (unpaired) electrons. The van der Waals surface area contributed by atoms with Gasteiger partial charge in [-0.05, 0) is 37.3 Å². The van der Waals surface area contributed by atoms with Crippen molar-refractivity contribution in [3.05, 3.63) is 35.4 Å². The molecule has 0 spiro atoms. The predicted molar refractivity (Wildman–Crippen MR) is 82.9 cm³/mol. The molecule has 1 aromatic carbocycles. The topological polar surface area (TPSA) is 82.3 Å². The van der Waals surface area contributed by atoms with Crippen LogP contribution in [0.1, 0.15) is 29.6 Å². The van der Waals surface area contributed by atoms with Gasteiger partial charge in [0.25, 0.3) is 5.91 Å². The molecule has 2 aliphatic rings. The third kappa shape index (κ3) is 3.88. The van der Waals surface area contributed by atoms with E-state index in [1.165, 1.54) is 0 Å². The normalized spacial score (nSPS) is 25.8. The van der Waals surface area contributed by atoms with Crippen LogP contribution in [0.4, 0.5) is 8.78 Å². The lowest BCUT2D eigenvalue weighted by molar-refractivity contribution is -0.121. The molecule has 2 fully saturated rings. The van der Waals surface area contributed by atoms with Gasteiger partial charge in [-0.2, -0.15) is 0 Å². The minimum atomic E-state index is -0.951. The van der Waals surface area contributed by atoms with Crippen LogP contribution in [0.2, 0.25) is 0 Å². The Morgan fingerprint density at radius 1 is 1.25 bits per heavy atom. The maximum Gasteiger partial charge on any atom is 0.254 e. The average Bonchev–Trinajstić information content (AvgIpc) is 3.00. The van der Waals surface area contributed by atoms with Gasteiger partial charge in [-0.1, -0.05) is 0 Å². The van der Waals surface area contributed by atoms with Crippen molar-refractivity contribution >= 4 is 11.8 Å². The number of rotatable bonds is 4. The molecule has 2 amide bonds. The van der Waals surface area contributed by atoms with Gasteiger partial charge < -0.3 is 10.6 Å². The van der Waals surface area contributed by atoms with Gasteiger partial charge in [0.05, 0.1) is 12.1 Å². The highest BCUT2D eigenvalue weighted by molar-refractivity contribution is 5.96. The molecule has 1 saturated heterocycles. The Hall–Kier alpha value is -2.06. The zero-order chi connectivity index (χ0) is 17.1. The van der Waals surface area contributed by atoms with E-state index in [0.717, 1.165) is 37.9 Å². The first-order chi connectivity index (χ1) is 11.5. The summed E-state index contributed by atoms with van der Waals surface area (Å²) in [6.07, 6.45) is 2.74. The first-order valence-corrected chi connectivity index (χ1v) is 8.04. The molecule has 3 rings (SSSR count). The minimum Gasteiger partial charge on any atom is -0.352 e. The number of benzene rings is 1. The summed E-state index contributed by atoms with van der Waals surface area (Å²) in [5, 5.41) is 5.26. The summed E-state index contributed by atoms with van der Waals surface area (Å²) >= 11 is 0. The molecule has 4 N–H and O–H groups in total. The Bertz CT molecular complexity index is 641. The Morgan fingerprint density at radius 3 is 2.88 bits per heavy atom. The fourth-order valence-corrected chi connectivity index (χ4v) is 3.34. The number of hydrazine groups is 1. The number of halogens is 2. The number of amides is 2. The predicted octanol–water partition coefficient (Wildman–Crippen LogP) is 0.456. The minimum absolute atomic E-state index is 0.0832. The smallest absolute Gasteiger partial charge is 0.254 e. The molecule has 8 heteroatoms. The van der Waals surface area contributed by atoms with Gasteiger partial charge in [0.15, 0.2) is 0 Å². The number of hydrogen-bond acceptors (Lipinski definition) is 4. The van der Waals surface area contributed by atoms with E-state index in [2.05, 4.69) is 21.5 Å². The fourth-order valence-electron chi connectivity index (χ4n) is 3.34. The van der Waals surface area contributed by atoms with Crippen molar-refractivity contribution in [1.29, 1.82) is 0 Å². The van der Waals surface area contributed by atoms with Crippen molar-refractivity contribution in [2.45, 2.75) is 31.3 Å². The van der Waals surface area contributed by atoms with Crippen LogP contribution in [0.15, 0.2) is 18.2 Å². The highest BCUT2D eigenvalue weighted by Crippen LogP contribution is 2.26. The monoisotopic (exact) mass is 338 g/mol. The van der Waals surface area contributed by atoms with Crippen molar-refractivity contribution in [3.8, 4) is 0 Å². The molecular formula is C16H20F2N4O2. The third-order valence-corrected chi connectivity index (χ3v) is 4.58. The summed E-state index contributed by atoms with van der Waals surface area (Å²) in [6.45, 7) is 0.647. The van der Waals surface area contributed by atoms with Crippen LogP contribution in [0.5, 0.6) is 0 Å². The standard InChI is InChI=1S/C16H20F2N4O2/c17-10-1-3-12(13(18)6-10)16(24)19-8-15(23)21-11-2-4-14-9(5-11)7-20-22-14/h1,3,6,9,11,14,20,22H,2,4-5,7-8H2,(H,19,24)(H,21,23). The third-order valence-electron chi connectivity index (χ3n) is 4.58. The lowest BCUT2D eigenvalue weighted by Crippen LogP contribution is -2.47. The van der Waals surface area contributed by atoms with E-state index < -0.39 is 17.5 Å². The SMILES string of the molecule is O=C(CNC(=O)c1ccc(F)cc1F)NC1CCC2NNCC2C1. The molecular weight excluding hydrogens is 318 g/mol. The summed E-state index contributed by atoms with van der Waals surface area (Å²) in [5.41, 5.74) is 6.06. The van der Waals surface area contributed by atoms with E-state index in [9.17, 15) is 18.4 Å². The van der Waals surface area contributed by atoms with Crippen LogP contribution in [-0.2, 0) is 4.79 Å². The van der Waals surface area contributed by atoms with Crippen LogP contribution in [0.25, 0.3) is 0 Å². The number of fused-ring (bicyclic) bond motifs is 1. The van der Waals surface area contributed by atoms with E-state index in [-0.39, 0.29) is 24.1 Å². The quantitative estimate of drug-likeness (QED) is 0.643. The van der Waals surface area contributed by atoms with Crippen molar-refractivity contribution in [3.63, 3.8) is 0 Å². The Labute approximate surface area is 138 Å². The largest absolute Gasteiger partial charge is 0.352 e. The number of nitrogens with one attached hydrogen (secondary N) is 4. The van der Waals surface area contributed by atoms with Gasteiger partial charge >= 0.3 is 0 Å². The van der Waals surface area contributed by atoms with Crippen LogP contribution < -0.4 is 21.5 Å². The highest BCUT2D eigenvalue weighted by Gasteiger charge is 2.34. The second-order valence-electron chi connectivity index (χ2n) is 6.28.